The minimum Gasteiger partial charge on any atom is -0.482 e. The molecule has 27 heavy (non-hydrogen) atoms. The minimum atomic E-state index is -1.03. The number of nitrogens with one attached hydrogen (secondary N) is 1. The van der Waals surface area contributed by atoms with E-state index in [9.17, 15) is 14.4 Å². The molecule has 1 amide bonds. The molecular weight excluding hydrogens is 346 g/mol. The van der Waals surface area contributed by atoms with Crippen molar-refractivity contribution in [3.63, 3.8) is 0 Å². The highest BCUT2D eigenvalue weighted by Crippen LogP contribution is 2.17. The van der Waals surface area contributed by atoms with Gasteiger partial charge < -0.3 is 14.8 Å². The third-order valence-corrected chi connectivity index (χ3v) is 3.79. The van der Waals surface area contributed by atoms with E-state index in [0.29, 0.717) is 17.0 Å². The Hall–Kier alpha value is -3.15. The summed E-state index contributed by atoms with van der Waals surface area (Å²) in [5.41, 5.74) is 2.82. The summed E-state index contributed by atoms with van der Waals surface area (Å²) >= 11 is 0. The van der Waals surface area contributed by atoms with Crippen LogP contribution in [0.4, 0.5) is 5.69 Å². The van der Waals surface area contributed by atoms with E-state index in [2.05, 4.69) is 5.32 Å². The largest absolute Gasteiger partial charge is 0.482 e. The van der Waals surface area contributed by atoms with Crippen LogP contribution in [0.15, 0.2) is 42.5 Å². The van der Waals surface area contributed by atoms with E-state index in [1.54, 1.807) is 24.3 Å². The fraction of sp³-hybridized carbons (Fsp3) is 0.286. The quantitative estimate of drug-likeness (QED) is 0.597. The zero-order valence-electron chi connectivity index (χ0n) is 15.9. The lowest BCUT2D eigenvalue weighted by Crippen LogP contribution is -2.32. The molecule has 0 saturated carbocycles. The summed E-state index contributed by atoms with van der Waals surface area (Å²) in [7, 11) is 0. The number of anilines is 1. The third-order valence-electron chi connectivity index (χ3n) is 3.79. The van der Waals surface area contributed by atoms with Crippen LogP contribution >= 0.6 is 0 Å². The van der Waals surface area contributed by atoms with E-state index in [1.165, 1.54) is 13.8 Å². The van der Waals surface area contributed by atoms with E-state index < -0.39 is 18.0 Å². The number of para-hydroxylation sites is 1. The van der Waals surface area contributed by atoms with Crippen molar-refractivity contribution in [2.24, 2.45) is 0 Å². The molecule has 0 bridgehead atoms. The molecule has 6 nitrogen and oxygen atoms in total. The molecule has 142 valence electrons. The summed E-state index contributed by atoms with van der Waals surface area (Å²) in [6.07, 6.45) is -1.03. The second-order valence-electron chi connectivity index (χ2n) is 6.34. The zero-order valence-corrected chi connectivity index (χ0v) is 15.9. The van der Waals surface area contributed by atoms with E-state index in [1.807, 2.05) is 32.0 Å². The number of rotatable bonds is 7. The van der Waals surface area contributed by atoms with Gasteiger partial charge in [-0.05, 0) is 63.1 Å². The van der Waals surface area contributed by atoms with Gasteiger partial charge in [0.15, 0.2) is 18.5 Å². The van der Waals surface area contributed by atoms with Gasteiger partial charge in [-0.15, -0.1) is 0 Å². The second kappa shape index (κ2) is 8.98. The Morgan fingerprint density at radius 2 is 1.67 bits per heavy atom. The van der Waals surface area contributed by atoms with Crippen LogP contribution < -0.4 is 10.1 Å². The van der Waals surface area contributed by atoms with E-state index in [0.717, 1.165) is 11.1 Å². The van der Waals surface area contributed by atoms with Gasteiger partial charge in [0.1, 0.15) is 5.75 Å². The maximum atomic E-state index is 12.2. The number of ketones is 1. The Morgan fingerprint density at radius 3 is 2.30 bits per heavy atom. The van der Waals surface area contributed by atoms with Gasteiger partial charge in [-0.3, -0.25) is 9.59 Å². The summed E-state index contributed by atoms with van der Waals surface area (Å²) in [4.78, 5) is 35.8. The van der Waals surface area contributed by atoms with Gasteiger partial charge in [0.25, 0.3) is 5.91 Å². The van der Waals surface area contributed by atoms with Crippen molar-refractivity contribution < 1.29 is 23.9 Å². The molecule has 0 aromatic heterocycles. The highest BCUT2D eigenvalue weighted by atomic mass is 16.6. The molecule has 0 aliphatic rings. The molecule has 2 rings (SSSR count). The van der Waals surface area contributed by atoms with Gasteiger partial charge in [-0.25, -0.2) is 4.79 Å². The number of hydrogen-bond acceptors (Lipinski definition) is 5. The molecule has 1 atom stereocenters. The fourth-order valence-electron chi connectivity index (χ4n) is 2.58. The van der Waals surface area contributed by atoms with Gasteiger partial charge in [0.2, 0.25) is 0 Å². The molecule has 1 N–H and O–H groups in total. The maximum Gasteiger partial charge on any atom is 0.344 e. The van der Waals surface area contributed by atoms with Crippen molar-refractivity contribution in [2.75, 3.05) is 11.9 Å². The first-order valence-corrected chi connectivity index (χ1v) is 8.57. The summed E-state index contributed by atoms with van der Waals surface area (Å²) in [6, 6.07) is 12.3. The van der Waals surface area contributed by atoms with Crippen LogP contribution in [-0.4, -0.2) is 30.4 Å². The van der Waals surface area contributed by atoms with Crippen LogP contribution in [0.2, 0.25) is 0 Å². The van der Waals surface area contributed by atoms with Crippen molar-refractivity contribution in [1.82, 2.24) is 0 Å². The van der Waals surface area contributed by atoms with Crippen LogP contribution in [0, 0.1) is 13.8 Å². The van der Waals surface area contributed by atoms with Crippen molar-refractivity contribution >= 4 is 23.3 Å². The Labute approximate surface area is 158 Å². The smallest absolute Gasteiger partial charge is 0.344 e. The van der Waals surface area contributed by atoms with Crippen LogP contribution in [0.25, 0.3) is 0 Å². The monoisotopic (exact) mass is 369 g/mol. The van der Waals surface area contributed by atoms with Crippen molar-refractivity contribution in [2.45, 2.75) is 33.8 Å². The molecule has 0 aliphatic heterocycles. The van der Waals surface area contributed by atoms with Crippen molar-refractivity contribution in [3.05, 3.63) is 59.2 Å². The molecule has 0 heterocycles. The molecule has 2 aromatic carbocycles. The summed E-state index contributed by atoms with van der Waals surface area (Å²) in [5, 5.41) is 2.61. The van der Waals surface area contributed by atoms with Crippen LogP contribution in [0.3, 0.4) is 0 Å². The first-order chi connectivity index (χ1) is 12.8. The van der Waals surface area contributed by atoms with Gasteiger partial charge in [-0.2, -0.15) is 0 Å². The van der Waals surface area contributed by atoms with Gasteiger partial charge in [0, 0.05) is 5.56 Å². The average Bonchev–Trinajstić information content (AvgIpc) is 2.59. The van der Waals surface area contributed by atoms with E-state index >= 15 is 0 Å². The highest BCUT2D eigenvalue weighted by Gasteiger charge is 2.20. The van der Waals surface area contributed by atoms with Gasteiger partial charge in [0.05, 0.1) is 5.69 Å². The van der Waals surface area contributed by atoms with Crippen molar-refractivity contribution in [3.8, 4) is 5.75 Å². The lowest BCUT2D eigenvalue weighted by molar-refractivity contribution is -0.155. The number of hydrogen-bond donors (Lipinski definition) is 1. The lowest BCUT2D eigenvalue weighted by Gasteiger charge is -2.15. The van der Waals surface area contributed by atoms with Crippen LogP contribution in [0.1, 0.15) is 35.3 Å². The Bertz CT molecular complexity index is 839. The molecule has 1 unspecified atom stereocenters. The number of carbonyl (C=O) groups is 3. The minimum absolute atomic E-state index is 0.169. The molecule has 6 heteroatoms. The molecule has 2 aromatic rings. The Balaban J connectivity index is 1.90. The normalized spacial score (nSPS) is 11.4. The lowest BCUT2D eigenvalue weighted by atomic mass is 10.1. The number of esters is 1. The number of Topliss-reactive ketones (excluding diaryl/α,β-unsaturated/α-hetero) is 1. The standard InChI is InChI=1S/C21H23NO5/c1-13-9-14(2)11-17(10-13)26-12-20(24)27-16(4)21(25)22-19-8-6-5-7-18(19)15(3)23/h5-11,16H,12H2,1-4H3,(H,22,25). The van der Waals surface area contributed by atoms with Crippen LogP contribution in [-0.2, 0) is 14.3 Å². The number of amides is 1. The molecule has 0 fully saturated rings. The summed E-state index contributed by atoms with van der Waals surface area (Å²) in [6.45, 7) is 6.44. The molecule has 0 radical (unpaired) electrons. The number of ether oxygens (including phenoxy) is 2. The van der Waals surface area contributed by atoms with Gasteiger partial charge >= 0.3 is 5.97 Å². The first kappa shape index (κ1) is 20.2. The topological polar surface area (TPSA) is 81.7 Å². The van der Waals surface area contributed by atoms with Gasteiger partial charge in [-0.1, -0.05) is 18.2 Å². The zero-order chi connectivity index (χ0) is 20.0. The number of benzene rings is 2. The third kappa shape index (κ3) is 5.95. The number of aryl methyl sites for hydroxylation is 2. The predicted octanol–water partition coefficient (Wildman–Crippen LogP) is 3.46. The number of carbonyl (C=O) groups excluding carboxylic acids is 3. The Kier molecular flexibility index (Phi) is 6.71. The van der Waals surface area contributed by atoms with Crippen LogP contribution in [0.5, 0.6) is 5.75 Å². The van der Waals surface area contributed by atoms with E-state index in [-0.39, 0.29) is 12.4 Å². The average molecular weight is 369 g/mol. The predicted molar refractivity (Wildman–Crippen MR) is 102 cm³/mol. The molecule has 0 aliphatic carbocycles. The first-order valence-electron chi connectivity index (χ1n) is 8.57. The fourth-order valence-corrected chi connectivity index (χ4v) is 2.58. The van der Waals surface area contributed by atoms with E-state index in [4.69, 9.17) is 9.47 Å². The summed E-state index contributed by atoms with van der Waals surface area (Å²) in [5.74, 6) is -0.783. The maximum absolute atomic E-state index is 12.2. The Morgan fingerprint density at radius 1 is 1.04 bits per heavy atom. The molecule has 0 saturated heterocycles. The summed E-state index contributed by atoms with van der Waals surface area (Å²) < 4.78 is 10.5. The highest BCUT2D eigenvalue weighted by molar-refractivity contribution is 6.04. The second-order valence-corrected chi connectivity index (χ2v) is 6.34. The van der Waals surface area contributed by atoms with Crippen molar-refractivity contribution in [1.29, 1.82) is 0 Å². The molecular formula is C21H23NO5. The SMILES string of the molecule is CC(=O)c1ccccc1NC(=O)C(C)OC(=O)COc1cc(C)cc(C)c1. The molecule has 0 spiro atoms.